The normalized spacial score (nSPS) is 11.1. The quantitative estimate of drug-likeness (QED) is 0.326. The highest BCUT2D eigenvalue weighted by Crippen LogP contribution is 2.32. The molecule has 2 aromatic heterocycles. The minimum atomic E-state index is -0.327. The molecular weight excluding hydrogens is 437 g/mol. The molecule has 0 saturated carbocycles. The molecule has 0 unspecified atom stereocenters. The number of aryl methyl sites for hydroxylation is 1. The fraction of sp³-hybridized carbons (Fsp3) is 0.0800. The Labute approximate surface area is 193 Å². The van der Waals surface area contributed by atoms with Crippen molar-refractivity contribution in [1.82, 2.24) is 19.7 Å². The molecule has 0 saturated heterocycles. The van der Waals surface area contributed by atoms with Crippen molar-refractivity contribution in [3.05, 3.63) is 90.4 Å². The van der Waals surface area contributed by atoms with E-state index in [1.807, 2.05) is 66.2 Å². The van der Waals surface area contributed by atoms with E-state index in [0.29, 0.717) is 16.7 Å². The van der Waals surface area contributed by atoms with Crippen molar-refractivity contribution in [3.8, 4) is 17.1 Å². The van der Waals surface area contributed by atoms with Gasteiger partial charge in [-0.2, -0.15) is 0 Å². The van der Waals surface area contributed by atoms with Crippen molar-refractivity contribution in [1.29, 1.82) is 0 Å². The number of rotatable bonds is 6. The molecule has 1 amide bonds. The molecule has 0 aliphatic heterocycles. The molecule has 2 heterocycles. The lowest BCUT2D eigenvalue weighted by Crippen LogP contribution is -2.14. The number of carbonyl (C=O) groups is 1. The highest BCUT2D eigenvalue weighted by molar-refractivity contribution is 7.99. The number of hydrogen-bond acceptors (Lipinski definition) is 4. The number of halogens is 1. The van der Waals surface area contributed by atoms with E-state index in [1.54, 1.807) is 12.1 Å². The molecule has 0 aliphatic carbocycles. The standard InChI is InChI=1S/C25H20FN5OS/c1-16-5-4-6-18(13-16)28-23(32)15-33-25-30-29-24(31(25)19-11-9-17(26)10-12-19)21-14-27-22-8-3-2-7-20(21)22/h2-14,27H,15H2,1H3,(H,28,32). The molecule has 8 heteroatoms. The van der Waals surface area contributed by atoms with Gasteiger partial charge in [0.05, 0.1) is 5.75 Å². The Hall–Kier alpha value is -3.91. The van der Waals surface area contributed by atoms with E-state index in [9.17, 15) is 9.18 Å². The highest BCUT2D eigenvalue weighted by atomic mass is 32.2. The summed E-state index contributed by atoms with van der Waals surface area (Å²) in [5.41, 5.74) is 4.38. The predicted octanol–water partition coefficient (Wildman–Crippen LogP) is 5.59. The van der Waals surface area contributed by atoms with Gasteiger partial charge in [0, 0.05) is 34.0 Å². The molecule has 33 heavy (non-hydrogen) atoms. The minimum absolute atomic E-state index is 0.145. The molecule has 5 aromatic rings. The summed E-state index contributed by atoms with van der Waals surface area (Å²) in [6, 6.07) is 21.7. The van der Waals surface area contributed by atoms with Crippen molar-refractivity contribution in [2.45, 2.75) is 12.1 Å². The Bertz CT molecular complexity index is 1440. The van der Waals surface area contributed by atoms with Crippen molar-refractivity contribution < 1.29 is 9.18 Å². The van der Waals surface area contributed by atoms with E-state index in [0.717, 1.165) is 27.7 Å². The lowest BCUT2D eigenvalue weighted by atomic mass is 10.1. The molecule has 0 atom stereocenters. The molecule has 0 spiro atoms. The SMILES string of the molecule is Cc1cccc(NC(=O)CSc2nnc(-c3c[nH]c4ccccc34)n2-c2ccc(F)cc2)c1. The Morgan fingerprint density at radius 3 is 2.70 bits per heavy atom. The van der Waals surface area contributed by atoms with E-state index in [2.05, 4.69) is 20.5 Å². The number of hydrogen-bond donors (Lipinski definition) is 2. The maximum Gasteiger partial charge on any atom is 0.234 e. The van der Waals surface area contributed by atoms with Gasteiger partial charge in [0.15, 0.2) is 11.0 Å². The summed E-state index contributed by atoms with van der Waals surface area (Å²) >= 11 is 1.27. The third-order valence-corrected chi connectivity index (χ3v) is 6.11. The van der Waals surface area contributed by atoms with Crippen molar-refractivity contribution in [3.63, 3.8) is 0 Å². The zero-order chi connectivity index (χ0) is 22.8. The van der Waals surface area contributed by atoms with Gasteiger partial charge in [-0.3, -0.25) is 9.36 Å². The smallest absolute Gasteiger partial charge is 0.234 e. The number of anilines is 1. The first-order valence-corrected chi connectivity index (χ1v) is 11.3. The number of fused-ring (bicyclic) bond motifs is 1. The van der Waals surface area contributed by atoms with Crippen LogP contribution in [0.15, 0.2) is 84.1 Å². The number of aromatic nitrogens is 4. The van der Waals surface area contributed by atoms with E-state index >= 15 is 0 Å². The number of nitrogens with one attached hydrogen (secondary N) is 2. The summed E-state index contributed by atoms with van der Waals surface area (Å²) in [4.78, 5) is 15.8. The monoisotopic (exact) mass is 457 g/mol. The number of nitrogens with zero attached hydrogens (tertiary/aromatic N) is 3. The number of benzene rings is 3. The molecular formula is C25H20FN5OS. The molecule has 0 radical (unpaired) electrons. The second-order valence-corrected chi connectivity index (χ2v) is 8.51. The fourth-order valence-corrected chi connectivity index (χ4v) is 4.42. The van der Waals surface area contributed by atoms with Crippen LogP contribution in [0.25, 0.3) is 28.0 Å². The van der Waals surface area contributed by atoms with Gasteiger partial charge in [0.2, 0.25) is 5.91 Å². The van der Waals surface area contributed by atoms with Gasteiger partial charge in [-0.25, -0.2) is 4.39 Å². The van der Waals surface area contributed by atoms with Crippen LogP contribution >= 0.6 is 11.8 Å². The van der Waals surface area contributed by atoms with E-state index < -0.39 is 0 Å². The Balaban J connectivity index is 1.47. The predicted molar refractivity (Wildman–Crippen MR) is 129 cm³/mol. The first-order chi connectivity index (χ1) is 16.1. The topological polar surface area (TPSA) is 75.6 Å². The summed E-state index contributed by atoms with van der Waals surface area (Å²) in [6.45, 7) is 1.97. The third-order valence-electron chi connectivity index (χ3n) is 5.18. The van der Waals surface area contributed by atoms with Crippen LogP contribution in [0.4, 0.5) is 10.1 Å². The van der Waals surface area contributed by atoms with Crippen LogP contribution in [0.2, 0.25) is 0 Å². The maximum atomic E-state index is 13.6. The number of aromatic amines is 1. The van der Waals surface area contributed by atoms with Crippen LogP contribution < -0.4 is 5.32 Å². The number of H-pyrrole nitrogens is 1. The van der Waals surface area contributed by atoms with Gasteiger partial charge in [0.1, 0.15) is 5.82 Å². The van der Waals surface area contributed by atoms with Crippen molar-refractivity contribution in [2.75, 3.05) is 11.1 Å². The van der Waals surface area contributed by atoms with Gasteiger partial charge in [-0.15, -0.1) is 10.2 Å². The number of amides is 1. The molecule has 5 rings (SSSR count). The largest absolute Gasteiger partial charge is 0.360 e. The Morgan fingerprint density at radius 1 is 1.06 bits per heavy atom. The lowest BCUT2D eigenvalue weighted by Gasteiger charge is -2.10. The average Bonchev–Trinajstić information content (AvgIpc) is 3.42. The summed E-state index contributed by atoms with van der Waals surface area (Å²) < 4.78 is 15.4. The highest BCUT2D eigenvalue weighted by Gasteiger charge is 2.20. The first kappa shape index (κ1) is 21.0. The second kappa shape index (κ2) is 8.91. The van der Waals surface area contributed by atoms with E-state index in [-0.39, 0.29) is 17.5 Å². The molecule has 6 nitrogen and oxygen atoms in total. The van der Waals surface area contributed by atoms with Crippen LogP contribution in [0.3, 0.4) is 0 Å². The minimum Gasteiger partial charge on any atom is -0.360 e. The fourth-order valence-electron chi connectivity index (χ4n) is 3.67. The van der Waals surface area contributed by atoms with Gasteiger partial charge in [-0.05, 0) is 55.0 Å². The van der Waals surface area contributed by atoms with Gasteiger partial charge in [-0.1, -0.05) is 42.1 Å². The van der Waals surface area contributed by atoms with Crippen LogP contribution in [0, 0.1) is 12.7 Å². The molecule has 0 bridgehead atoms. The Kier molecular flexibility index (Phi) is 5.66. The van der Waals surface area contributed by atoms with Crippen molar-refractivity contribution >= 4 is 34.3 Å². The van der Waals surface area contributed by atoms with Crippen molar-refractivity contribution in [2.24, 2.45) is 0 Å². The second-order valence-electron chi connectivity index (χ2n) is 7.57. The maximum absolute atomic E-state index is 13.6. The van der Waals surface area contributed by atoms with Gasteiger partial charge < -0.3 is 10.3 Å². The summed E-state index contributed by atoms with van der Waals surface area (Å²) in [6.07, 6.45) is 1.88. The molecule has 0 aliphatic rings. The summed E-state index contributed by atoms with van der Waals surface area (Å²) in [5.74, 6) is 0.294. The molecule has 2 N–H and O–H groups in total. The zero-order valence-corrected chi connectivity index (χ0v) is 18.6. The lowest BCUT2D eigenvalue weighted by molar-refractivity contribution is -0.113. The molecule has 0 fully saturated rings. The summed E-state index contributed by atoms with van der Waals surface area (Å²) in [7, 11) is 0. The van der Waals surface area contributed by atoms with Gasteiger partial charge >= 0.3 is 0 Å². The summed E-state index contributed by atoms with van der Waals surface area (Å²) in [5, 5.41) is 13.2. The van der Waals surface area contributed by atoms with Crippen LogP contribution in [0.1, 0.15) is 5.56 Å². The van der Waals surface area contributed by atoms with Gasteiger partial charge in [0.25, 0.3) is 0 Å². The van der Waals surface area contributed by atoms with Crippen LogP contribution in [-0.4, -0.2) is 31.4 Å². The van der Waals surface area contributed by atoms with Crippen LogP contribution in [-0.2, 0) is 4.79 Å². The van der Waals surface area contributed by atoms with E-state index in [1.165, 1.54) is 23.9 Å². The first-order valence-electron chi connectivity index (χ1n) is 10.4. The molecule has 164 valence electrons. The van der Waals surface area contributed by atoms with E-state index in [4.69, 9.17) is 0 Å². The number of para-hydroxylation sites is 1. The Morgan fingerprint density at radius 2 is 1.88 bits per heavy atom. The number of carbonyl (C=O) groups excluding carboxylic acids is 1. The van der Waals surface area contributed by atoms with Crippen LogP contribution in [0.5, 0.6) is 0 Å². The average molecular weight is 458 g/mol. The number of thioether (sulfide) groups is 1. The third kappa shape index (κ3) is 4.38. The zero-order valence-electron chi connectivity index (χ0n) is 17.7. The molecule has 3 aromatic carbocycles.